The molecule has 158 valence electrons. The molecule has 0 radical (unpaired) electrons. The molecule has 4 aliphatic heterocycles. The van der Waals surface area contributed by atoms with E-state index in [1.54, 1.807) is 12.1 Å². The van der Waals surface area contributed by atoms with Crippen molar-refractivity contribution < 1.29 is 13.0 Å². The first-order valence-corrected chi connectivity index (χ1v) is 11.4. The Morgan fingerprint density at radius 1 is 0.933 bits per heavy atom. The van der Waals surface area contributed by atoms with Crippen LogP contribution in [0.3, 0.4) is 0 Å². The van der Waals surface area contributed by atoms with Crippen molar-refractivity contribution in [1.82, 2.24) is 14.7 Å². The molecule has 9 heteroatoms. The predicted molar refractivity (Wildman–Crippen MR) is 113 cm³/mol. The summed E-state index contributed by atoms with van der Waals surface area (Å²) in [5, 5.41) is 4.83. The van der Waals surface area contributed by atoms with Crippen LogP contribution in [-0.4, -0.2) is 73.0 Å². The predicted octanol–water partition coefficient (Wildman–Crippen LogP) is 1.52. The van der Waals surface area contributed by atoms with Crippen LogP contribution in [0.2, 0.25) is 0 Å². The van der Waals surface area contributed by atoms with Crippen molar-refractivity contribution in [2.24, 2.45) is 10.5 Å². The molecule has 6 rings (SSSR count). The molecule has 0 amide bonds. The van der Waals surface area contributed by atoms with E-state index in [4.69, 9.17) is 5.10 Å². The lowest BCUT2D eigenvalue weighted by atomic mass is 9.74. The molecule has 4 bridgehead atoms. The van der Waals surface area contributed by atoms with Crippen LogP contribution in [-0.2, 0) is 10.1 Å². The number of rotatable bonds is 5. The van der Waals surface area contributed by atoms with E-state index >= 15 is 0 Å². The molecule has 0 spiro atoms. The molecule has 1 N–H and O–H groups in total. The van der Waals surface area contributed by atoms with Gasteiger partial charge in [0, 0.05) is 19.6 Å². The minimum atomic E-state index is -4.46. The summed E-state index contributed by atoms with van der Waals surface area (Å²) < 4.78 is 33.5. The highest BCUT2D eigenvalue weighted by Crippen LogP contribution is 2.38. The molecule has 0 aliphatic carbocycles. The summed E-state index contributed by atoms with van der Waals surface area (Å²) in [7, 11) is -4.46. The van der Waals surface area contributed by atoms with E-state index in [2.05, 4.69) is 51.3 Å². The molecule has 4 fully saturated rings. The van der Waals surface area contributed by atoms with E-state index in [0.717, 1.165) is 50.9 Å². The van der Waals surface area contributed by atoms with Crippen LogP contribution in [0, 0.1) is 12.3 Å². The number of benzene rings is 2. The quantitative estimate of drug-likeness (QED) is 0.440. The van der Waals surface area contributed by atoms with Gasteiger partial charge in [0.1, 0.15) is 10.1 Å². The number of hydrogen-bond donors (Lipinski definition) is 1. The second-order valence-corrected chi connectivity index (χ2v) is 9.99. The van der Waals surface area contributed by atoms with Gasteiger partial charge in [-0.25, -0.2) is 8.42 Å². The summed E-state index contributed by atoms with van der Waals surface area (Å²) in [4.78, 5) is 7.11. The van der Waals surface area contributed by atoms with E-state index in [9.17, 15) is 13.0 Å². The molecule has 2 aromatic carbocycles. The summed E-state index contributed by atoms with van der Waals surface area (Å²) >= 11 is 0. The Kier molecular flexibility index (Phi) is 4.68. The van der Waals surface area contributed by atoms with Crippen LogP contribution in [0.15, 0.2) is 58.5 Å². The molecule has 30 heavy (non-hydrogen) atoms. The molecule has 0 atom stereocenters. The van der Waals surface area contributed by atoms with E-state index < -0.39 is 10.1 Å². The van der Waals surface area contributed by atoms with Crippen LogP contribution in [0.25, 0.3) is 0 Å². The standard InChI is InChI=1S/C21H25N5O3S/c1-16-2-4-17(5-3-16)20(21-10-24-13-25(11-21)15-26(12-21)14-24)23-22-18-6-8-19(9-7-18)30(27,28)29/h2-9,22H,10-15H2,1H3,(H,27,28,29)/p-1/b23-20-. The first-order valence-electron chi connectivity index (χ1n) is 9.95. The van der Waals surface area contributed by atoms with Gasteiger partial charge in [0.2, 0.25) is 0 Å². The zero-order valence-corrected chi connectivity index (χ0v) is 17.6. The van der Waals surface area contributed by atoms with Crippen molar-refractivity contribution in [2.75, 3.05) is 45.1 Å². The Morgan fingerprint density at radius 3 is 1.97 bits per heavy atom. The van der Waals surface area contributed by atoms with Gasteiger partial charge in [-0.15, -0.1) is 0 Å². The molecule has 4 saturated heterocycles. The number of nitrogens with zero attached hydrogens (tertiary/aromatic N) is 4. The number of anilines is 1. The normalized spacial score (nSPS) is 30.5. The van der Waals surface area contributed by atoms with E-state index in [-0.39, 0.29) is 10.3 Å². The summed E-state index contributed by atoms with van der Waals surface area (Å²) in [5.41, 5.74) is 6.91. The number of aryl methyl sites for hydroxylation is 1. The van der Waals surface area contributed by atoms with Crippen molar-refractivity contribution in [3.8, 4) is 0 Å². The third-order valence-corrected chi connectivity index (χ3v) is 6.90. The molecule has 4 aliphatic rings. The van der Waals surface area contributed by atoms with Crippen molar-refractivity contribution in [3.05, 3.63) is 59.7 Å². The smallest absolute Gasteiger partial charge is 0.124 e. The zero-order valence-electron chi connectivity index (χ0n) is 16.8. The second kappa shape index (κ2) is 7.14. The number of nitrogens with one attached hydrogen (secondary N) is 1. The Bertz CT molecular complexity index is 1050. The van der Waals surface area contributed by atoms with Crippen molar-refractivity contribution >= 4 is 21.5 Å². The lowest BCUT2D eigenvalue weighted by Crippen LogP contribution is -2.74. The van der Waals surface area contributed by atoms with Crippen LogP contribution >= 0.6 is 0 Å². The van der Waals surface area contributed by atoms with Gasteiger partial charge in [-0.2, -0.15) is 5.10 Å². The highest BCUT2D eigenvalue weighted by Gasteiger charge is 2.51. The Balaban J connectivity index is 1.50. The fraction of sp³-hybridized carbons (Fsp3) is 0.381. The molecule has 4 heterocycles. The SMILES string of the molecule is Cc1ccc(/C(=N/Nc2ccc(S(=O)(=O)[O-])cc2)C23CN4CN(CN(C4)C2)C3)cc1. The first kappa shape index (κ1) is 19.7. The molecule has 8 nitrogen and oxygen atoms in total. The van der Waals surface area contributed by atoms with E-state index in [0.29, 0.717) is 5.69 Å². The summed E-state index contributed by atoms with van der Waals surface area (Å²) in [6.45, 7) is 7.94. The third kappa shape index (κ3) is 3.63. The molecule has 0 unspecified atom stereocenters. The Morgan fingerprint density at radius 2 is 1.47 bits per heavy atom. The van der Waals surface area contributed by atoms with Gasteiger partial charge < -0.3 is 4.55 Å². The Labute approximate surface area is 176 Å². The van der Waals surface area contributed by atoms with Crippen molar-refractivity contribution in [2.45, 2.75) is 11.8 Å². The average molecular weight is 427 g/mol. The first-order chi connectivity index (χ1) is 14.3. The van der Waals surface area contributed by atoms with Gasteiger partial charge in [0.15, 0.2) is 0 Å². The van der Waals surface area contributed by atoms with Gasteiger partial charge in [-0.1, -0.05) is 29.8 Å². The lowest BCUT2D eigenvalue weighted by Gasteiger charge is -2.60. The maximum atomic E-state index is 11.2. The summed E-state index contributed by atoms with van der Waals surface area (Å²) in [6, 6.07) is 14.2. The van der Waals surface area contributed by atoms with Gasteiger partial charge in [0.05, 0.1) is 41.7 Å². The van der Waals surface area contributed by atoms with Crippen LogP contribution in [0.1, 0.15) is 11.1 Å². The molecule has 0 saturated carbocycles. The third-order valence-electron chi connectivity index (χ3n) is 6.05. The van der Waals surface area contributed by atoms with E-state index in [1.807, 2.05) is 0 Å². The van der Waals surface area contributed by atoms with Crippen molar-refractivity contribution in [1.29, 1.82) is 0 Å². The van der Waals surface area contributed by atoms with Gasteiger partial charge >= 0.3 is 0 Å². The fourth-order valence-corrected chi connectivity index (χ4v) is 5.43. The van der Waals surface area contributed by atoms with Gasteiger partial charge in [-0.3, -0.25) is 20.1 Å². The van der Waals surface area contributed by atoms with Gasteiger partial charge in [-0.05, 0) is 36.8 Å². The second-order valence-electron chi connectivity index (χ2n) is 8.61. The maximum absolute atomic E-state index is 11.2. The van der Waals surface area contributed by atoms with Crippen LogP contribution in [0.5, 0.6) is 0 Å². The van der Waals surface area contributed by atoms with Gasteiger partial charge in [0.25, 0.3) is 0 Å². The number of hydrazone groups is 1. The van der Waals surface area contributed by atoms with E-state index in [1.165, 1.54) is 17.7 Å². The minimum absolute atomic E-state index is 0.102. The van der Waals surface area contributed by atoms with Crippen molar-refractivity contribution in [3.63, 3.8) is 0 Å². The molecule has 2 aromatic rings. The highest BCUT2D eigenvalue weighted by molar-refractivity contribution is 7.85. The highest BCUT2D eigenvalue weighted by atomic mass is 32.2. The lowest BCUT2D eigenvalue weighted by molar-refractivity contribution is -0.149. The molecule has 0 aromatic heterocycles. The maximum Gasteiger partial charge on any atom is 0.124 e. The fourth-order valence-electron chi connectivity index (χ4n) is 4.96. The number of hydrogen-bond acceptors (Lipinski definition) is 8. The minimum Gasteiger partial charge on any atom is -0.744 e. The zero-order chi connectivity index (χ0) is 20.9. The molecular formula is C21H24N5O3S-. The topological polar surface area (TPSA) is 91.3 Å². The monoisotopic (exact) mass is 426 g/mol. The van der Waals surface area contributed by atoms with Crippen LogP contribution in [0.4, 0.5) is 5.69 Å². The molecular weight excluding hydrogens is 402 g/mol. The summed E-state index contributed by atoms with van der Waals surface area (Å²) in [5.74, 6) is 0. The Hall–Kier alpha value is -2.30. The average Bonchev–Trinajstić information content (AvgIpc) is 2.68. The summed E-state index contributed by atoms with van der Waals surface area (Å²) in [6.07, 6.45) is 0. The largest absolute Gasteiger partial charge is 0.744 e. The van der Waals surface area contributed by atoms with Crippen LogP contribution < -0.4 is 5.43 Å².